The van der Waals surface area contributed by atoms with E-state index in [1.54, 1.807) is 6.07 Å². The van der Waals surface area contributed by atoms with E-state index in [9.17, 15) is 9.59 Å². The first kappa shape index (κ1) is 21.1. The molecule has 154 valence electrons. The summed E-state index contributed by atoms with van der Waals surface area (Å²) in [7, 11) is 0. The normalized spacial score (nSPS) is 19.6. The van der Waals surface area contributed by atoms with Gasteiger partial charge in [0.1, 0.15) is 23.7 Å². The van der Waals surface area contributed by atoms with Crippen molar-refractivity contribution in [1.82, 2.24) is 0 Å². The van der Waals surface area contributed by atoms with Crippen LogP contribution in [0.2, 0.25) is 0 Å². The smallest absolute Gasteiger partial charge is 0.339 e. The molecule has 1 aromatic carbocycles. The summed E-state index contributed by atoms with van der Waals surface area (Å²) >= 11 is 0. The average molecular weight is 395 g/mol. The Balaban J connectivity index is 1.66. The Labute approximate surface area is 172 Å². The van der Waals surface area contributed by atoms with Gasteiger partial charge in [-0.2, -0.15) is 0 Å². The molecule has 0 bridgehead atoms. The van der Waals surface area contributed by atoms with Gasteiger partial charge in [0, 0.05) is 11.8 Å². The Morgan fingerprint density at radius 3 is 2.83 bits per heavy atom. The zero-order valence-corrected chi connectivity index (χ0v) is 17.8. The van der Waals surface area contributed by atoms with Crippen molar-refractivity contribution < 1.29 is 13.9 Å². The topological polar surface area (TPSA) is 56.5 Å². The molecule has 1 heterocycles. The number of rotatable bonds is 6. The molecule has 4 nitrogen and oxygen atoms in total. The summed E-state index contributed by atoms with van der Waals surface area (Å²) in [5.41, 5.74) is 3.19. The van der Waals surface area contributed by atoms with Gasteiger partial charge in [-0.25, -0.2) is 4.79 Å². The third-order valence-corrected chi connectivity index (χ3v) is 6.19. The number of fused-ring (bicyclic) bond motifs is 1. The third kappa shape index (κ3) is 4.52. The summed E-state index contributed by atoms with van der Waals surface area (Å²) in [5.74, 6) is 1.11. The Morgan fingerprint density at radius 1 is 1.31 bits per heavy atom. The monoisotopic (exact) mass is 394 g/mol. The summed E-state index contributed by atoms with van der Waals surface area (Å²) in [6, 6.07) is 7.01. The fraction of sp³-hybridized carbons (Fsp3) is 0.440. The number of ketones is 1. The van der Waals surface area contributed by atoms with E-state index in [2.05, 4.69) is 13.5 Å². The molecule has 0 radical (unpaired) electrons. The maximum atomic E-state index is 12.3. The summed E-state index contributed by atoms with van der Waals surface area (Å²) in [4.78, 5) is 24.1. The van der Waals surface area contributed by atoms with Crippen molar-refractivity contribution in [1.29, 1.82) is 0 Å². The number of allylic oxidation sites excluding steroid dienone is 2. The second-order valence-corrected chi connectivity index (χ2v) is 8.63. The number of hydrogen-bond acceptors (Lipinski definition) is 4. The second-order valence-electron chi connectivity index (χ2n) is 8.63. The predicted octanol–water partition coefficient (Wildman–Crippen LogP) is 5.77. The highest BCUT2D eigenvalue weighted by molar-refractivity contribution is 5.87. The number of Topliss-reactive ketones (excluding diaryl/α,β-unsaturated/α-hetero) is 1. The van der Waals surface area contributed by atoms with E-state index in [4.69, 9.17) is 9.15 Å². The summed E-state index contributed by atoms with van der Waals surface area (Å²) in [6.45, 7) is 12.7. The van der Waals surface area contributed by atoms with E-state index in [1.807, 2.05) is 39.0 Å². The van der Waals surface area contributed by atoms with Crippen molar-refractivity contribution in [2.24, 2.45) is 11.3 Å². The molecule has 0 aliphatic heterocycles. The standard InChI is InChI=1S/C25H30O4/c1-16(9-11-19-17(2)10-12-22(26)25(19,4)5)13-14-28-21-15-23(27)29-20-8-6-7-18(3)24(20)21/h6-8,13,15,19H,2,9-12,14H2,1,3-5H3. The molecule has 0 amide bonds. The van der Waals surface area contributed by atoms with Gasteiger partial charge in [0.25, 0.3) is 0 Å². The SMILES string of the molecule is C=C1CCC(=O)C(C)(C)C1CCC(C)=CCOc1cc(=O)oc2cccc(C)c12. The van der Waals surface area contributed by atoms with Crippen LogP contribution in [0.4, 0.5) is 0 Å². The first-order valence-electron chi connectivity index (χ1n) is 10.2. The molecule has 0 spiro atoms. The fourth-order valence-corrected chi connectivity index (χ4v) is 4.26. The Kier molecular flexibility index (Phi) is 6.11. The van der Waals surface area contributed by atoms with Crippen LogP contribution in [-0.4, -0.2) is 12.4 Å². The van der Waals surface area contributed by atoms with Gasteiger partial charge in [0.2, 0.25) is 0 Å². The molecule has 29 heavy (non-hydrogen) atoms. The molecule has 1 aromatic heterocycles. The molecule has 3 rings (SSSR count). The van der Waals surface area contributed by atoms with Crippen LogP contribution in [0.15, 0.2) is 57.3 Å². The highest BCUT2D eigenvalue weighted by Crippen LogP contribution is 2.43. The lowest BCUT2D eigenvalue weighted by molar-refractivity contribution is -0.130. The molecule has 4 heteroatoms. The highest BCUT2D eigenvalue weighted by atomic mass is 16.5. The quantitative estimate of drug-likeness (QED) is 0.461. The fourth-order valence-electron chi connectivity index (χ4n) is 4.26. The molecule has 2 aromatic rings. The Hall–Kier alpha value is -2.62. The van der Waals surface area contributed by atoms with Gasteiger partial charge in [0.15, 0.2) is 0 Å². The predicted molar refractivity (Wildman–Crippen MR) is 116 cm³/mol. The van der Waals surface area contributed by atoms with Crippen LogP contribution < -0.4 is 10.4 Å². The Bertz CT molecular complexity index is 1020. The molecule has 1 aliphatic carbocycles. The summed E-state index contributed by atoms with van der Waals surface area (Å²) in [5, 5.41) is 0.830. The van der Waals surface area contributed by atoms with E-state index in [1.165, 1.54) is 17.2 Å². The lowest BCUT2D eigenvalue weighted by Gasteiger charge is -2.39. The van der Waals surface area contributed by atoms with Crippen molar-refractivity contribution in [2.45, 2.75) is 53.4 Å². The minimum absolute atomic E-state index is 0.221. The highest BCUT2D eigenvalue weighted by Gasteiger charge is 2.40. The van der Waals surface area contributed by atoms with Crippen LogP contribution in [-0.2, 0) is 4.79 Å². The van der Waals surface area contributed by atoms with Crippen LogP contribution >= 0.6 is 0 Å². The molecule has 1 fully saturated rings. The zero-order valence-electron chi connectivity index (χ0n) is 17.8. The number of carbonyl (C=O) groups excluding carboxylic acids is 1. The van der Waals surface area contributed by atoms with Crippen molar-refractivity contribution >= 4 is 16.8 Å². The number of aryl methyl sites for hydroxylation is 1. The van der Waals surface area contributed by atoms with E-state index >= 15 is 0 Å². The van der Waals surface area contributed by atoms with Gasteiger partial charge in [-0.3, -0.25) is 4.79 Å². The van der Waals surface area contributed by atoms with E-state index in [0.717, 1.165) is 30.2 Å². The van der Waals surface area contributed by atoms with E-state index in [0.29, 0.717) is 30.1 Å². The molecule has 1 atom stereocenters. The van der Waals surface area contributed by atoms with Crippen LogP contribution in [0.25, 0.3) is 11.0 Å². The first-order valence-corrected chi connectivity index (χ1v) is 10.2. The molecular formula is C25H30O4. The second kappa shape index (κ2) is 8.40. The van der Waals surface area contributed by atoms with Crippen LogP contribution in [0.3, 0.4) is 0 Å². The minimum atomic E-state index is -0.415. The molecule has 1 unspecified atom stereocenters. The summed E-state index contributed by atoms with van der Waals surface area (Å²) < 4.78 is 11.2. The van der Waals surface area contributed by atoms with Gasteiger partial charge < -0.3 is 9.15 Å². The molecule has 0 saturated heterocycles. The average Bonchev–Trinajstić information content (AvgIpc) is 2.64. The first-order chi connectivity index (χ1) is 13.7. The lowest BCUT2D eigenvalue weighted by Crippen LogP contribution is -2.38. The maximum absolute atomic E-state index is 12.3. The third-order valence-electron chi connectivity index (χ3n) is 6.19. The zero-order chi connectivity index (χ0) is 21.2. The van der Waals surface area contributed by atoms with Crippen LogP contribution in [0, 0.1) is 18.3 Å². The lowest BCUT2D eigenvalue weighted by atomic mass is 9.64. The van der Waals surface area contributed by atoms with Crippen molar-refractivity contribution in [2.75, 3.05) is 6.61 Å². The number of carbonyl (C=O) groups is 1. The van der Waals surface area contributed by atoms with Gasteiger partial charge >= 0.3 is 5.63 Å². The van der Waals surface area contributed by atoms with Gasteiger partial charge in [-0.15, -0.1) is 0 Å². The van der Waals surface area contributed by atoms with E-state index < -0.39 is 5.63 Å². The summed E-state index contributed by atoms with van der Waals surface area (Å²) in [6.07, 6.45) is 5.27. The number of hydrogen-bond donors (Lipinski definition) is 0. The minimum Gasteiger partial charge on any atom is -0.488 e. The molecule has 1 saturated carbocycles. The van der Waals surface area contributed by atoms with Gasteiger partial charge in [-0.1, -0.05) is 43.7 Å². The maximum Gasteiger partial charge on any atom is 0.339 e. The van der Waals surface area contributed by atoms with E-state index in [-0.39, 0.29) is 11.3 Å². The van der Waals surface area contributed by atoms with Crippen LogP contribution in [0.5, 0.6) is 5.75 Å². The molecule has 1 aliphatic rings. The van der Waals surface area contributed by atoms with Crippen molar-refractivity contribution in [3.63, 3.8) is 0 Å². The molecule has 0 N–H and O–H groups in total. The molecular weight excluding hydrogens is 364 g/mol. The van der Waals surface area contributed by atoms with Crippen molar-refractivity contribution in [3.05, 3.63) is 64.1 Å². The van der Waals surface area contributed by atoms with Gasteiger partial charge in [0.05, 0.1) is 11.5 Å². The van der Waals surface area contributed by atoms with Crippen LogP contribution in [0.1, 0.15) is 52.0 Å². The largest absolute Gasteiger partial charge is 0.488 e. The Morgan fingerprint density at radius 2 is 2.07 bits per heavy atom. The van der Waals surface area contributed by atoms with Crippen molar-refractivity contribution in [3.8, 4) is 5.75 Å². The number of benzene rings is 1. The number of ether oxygens (including phenoxy) is 1. The van der Waals surface area contributed by atoms with Gasteiger partial charge in [-0.05, 0) is 56.7 Å².